The van der Waals surface area contributed by atoms with E-state index in [0.717, 1.165) is 23.9 Å². The van der Waals surface area contributed by atoms with Crippen molar-refractivity contribution in [3.63, 3.8) is 0 Å². The lowest BCUT2D eigenvalue weighted by Crippen LogP contribution is -2.34. The van der Waals surface area contributed by atoms with E-state index in [1.807, 2.05) is 23.8 Å². The van der Waals surface area contributed by atoms with Gasteiger partial charge in [-0.3, -0.25) is 9.00 Å². The van der Waals surface area contributed by atoms with Crippen molar-refractivity contribution in [3.8, 4) is 0 Å². The molecule has 1 aromatic heterocycles. The maximum absolute atomic E-state index is 12.2. The summed E-state index contributed by atoms with van der Waals surface area (Å²) in [6.07, 6.45) is 5.30. The van der Waals surface area contributed by atoms with Crippen LogP contribution in [0.4, 0.5) is 0 Å². The Labute approximate surface area is 125 Å². The van der Waals surface area contributed by atoms with Crippen LogP contribution in [0.1, 0.15) is 37.2 Å². The van der Waals surface area contributed by atoms with E-state index >= 15 is 0 Å². The molecule has 0 aliphatic heterocycles. The van der Waals surface area contributed by atoms with Gasteiger partial charge in [-0.2, -0.15) is 0 Å². The first-order valence-electron chi connectivity index (χ1n) is 6.40. The zero-order chi connectivity index (χ0) is 14.4. The lowest BCUT2D eigenvalue weighted by atomic mass is 10.2. The van der Waals surface area contributed by atoms with E-state index in [0.29, 0.717) is 11.4 Å². The highest BCUT2D eigenvalue weighted by molar-refractivity contribution is 9.10. The third kappa shape index (κ3) is 5.48. The molecule has 2 atom stereocenters. The van der Waals surface area contributed by atoms with E-state index in [9.17, 15) is 9.00 Å². The SMILES string of the molecule is CCCn1cc(Br)cc1C(=O)NC(C)CCS(C)=O. The van der Waals surface area contributed by atoms with Crippen LogP contribution in [0.3, 0.4) is 0 Å². The molecule has 0 fully saturated rings. The quantitative estimate of drug-likeness (QED) is 0.823. The molecule has 1 N–H and O–H groups in total. The average molecular weight is 349 g/mol. The van der Waals surface area contributed by atoms with Gasteiger partial charge in [-0.25, -0.2) is 0 Å². The normalized spacial score (nSPS) is 14.1. The maximum Gasteiger partial charge on any atom is 0.268 e. The summed E-state index contributed by atoms with van der Waals surface area (Å²) in [6, 6.07) is 1.86. The summed E-state index contributed by atoms with van der Waals surface area (Å²) in [5.74, 6) is 0.537. The van der Waals surface area contributed by atoms with Gasteiger partial charge in [-0.15, -0.1) is 0 Å². The molecule has 0 saturated heterocycles. The Morgan fingerprint density at radius 2 is 2.26 bits per heavy atom. The number of amides is 1. The van der Waals surface area contributed by atoms with Crippen LogP contribution < -0.4 is 5.32 Å². The van der Waals surface area contributed by atoms with Crippen molar-refractivity contribution in [1.82, 2.24) is 9.88 Å². The van der Waals surface area contributed by atoms with Crippen LogP contribution in [-0.4, -0.2) is 32.7 Å². The zero-order valence-corrected chi connectivity index (χ0v) is 14.0. The molecule has 0 aliphatic rings. The van der Waals surface area contributed by atoms with Gasteiger partial charge in [0.2, 0.25) is 0 Å². The first-order valence-corrected chi connectivity index (χ1v) is 8.92. The number of hydrogen-bond acceptors (Lipinski definition) is 2. The first-order chi connectivity index (χ1) is 8.93. The molecule has 2 unspecified atom stereocenters. The molecular weight excluding hydrogens is 328 g/mol. The largest absolute Gasteiger partial charge is 0.348 e. The predicted molar refractivity (Wildman–Crippen MR) is 82.9 cm³/mol. The van der Waals surface area contributed by atoms with E-state index in [4.69, 9.17) is 0 Å². The summed E-state index contributed by atoms with van der Waals surface area (Å²) >= 11 is 3.40. The fraction of sp³-hybridized carbons (Fsp3) is 0.615. The highest BCUT2D eigenvalue weighted by Gasteiger charge is 2.15. The number of rotatable bonds is 7. The van der Waals surface area contributed by atoms with Gasteiger partial charge in [0, 0.05) is 46.1 Å². The molecule has 0 saturated carbocycles. The molecule has 1 heterocycles. The first kappa shape index (κ1) is 16.4. The van der Waals surface area contributed by atoms with E-state index in [1.54, 1.807) is 6.26 Å². The fourth-order valence-corrected chi connectivity index (χ4v) is 2.95. The smallest absolute Gasteiger partial charge is 0.268 e. The highest BCUT2D eigenvalue weighted by atomic mass is 79.9. The Bertz CT molecular complexity index is 459. The van der Waals surface area contributed by atoms with E-state index in [2.05, 4.69) is 28.2 Å². The van der Waals surface area contributed by atoms with Crippen LogP contribution in [0.25, 0.3) is 0 Å². The van der Waals surface area contributed by atoms with Crippen molar-refractivity contribution in [3.05, 3.63) is 22.4 Å². The van der Waals surface area contributed by atoms with Crippen LogP contribution >= 0.6 is 15.9 Å². The molecule has 19 heavy (non-hydrogen) atoms. The van der Waals surface area contributed by atoms with Crippen molar-refractivity contribution >= 4 is 32.6 Å². The van der Waals surface area contributed by atoms with Crippen LogP contribution in [0.2, 0.25) is 0 Å². The summed E-state index contributed by atoms with van der Waals surface area (Å²) < 4.78 is 13.9. The summed E-state index contributed by atoms with van der Waals surface area (Å²) in [5.41, 5.74) is 0.665. The summed E-state index contributed by atoms with van der Waals surface area (Å²) in [5, 5.41) is 2.95. The van der Waals surface area contributed by atoms with Crippen LogP contribution in [0.15, 0.2) is 16.7 Å². The van der Waals surface area contributed by atoms with E-state index in [1.165, 1.54) is 0 Å². The topological polar surface area (TPSA) is 51.1 Å². The number of aryl methyl sites for hydroxylation is 1. The molecule has 1 aromatic rings. The second kappa shape index (κ2) is 7.85. The summed E-state index contributed by atoms with van der Waals surface area (Å²) in [6.45, 7) is 4.84. The minimum absolute atomic E-state index is 0.0279. The number of hydrogen-bond donors (Lipinski definition) is 1. The number of nitrogens with zero attached hydrogens (tertiary/aromatic N) is 1. The molecule has 0 radical (unpaired) electrons. The van der Waals surface area contributed by atoms with Gasteiger partial charge in [0.15, 0.2) is 0 Å². The Kier molecular flexibility index (Phi) is 6.79. The number of halogens is 1. The van der Waals surface area contributed by atoms with E-state index < -0.39 is 10.8 Å². The number of carbonyl (C=O) groups excluding carboxylic acids is 1. The molecule has 4 nitrogen and oxygen atoms in total. The van der Waals surface area contributed by atoms with Crippen molar-refractivity contribution in [2.75, 3.05) is 12.0 Å². The van der Waals surface area contributed by atoms with E-state index in [-0.39, 0.29) is 11.9 Å². The minimum atomic E-state index is -0.813. The molecule has 1 rings (SSSR count). The molecule has 6 heteroatoms. The second-order valence-corrected chi connectivity index (χ2v) is 7.15. The van der Waals surface area contributed by atoms with Crippen molar-refractivity contribution in [2.45, 2.75) is 39.3 Å². The standard InChI is InChI=1S/C13H21BrN2O2S/c1-4-6-16-9-11(14)8-12(16)13(17)15-10(2)5-7-19(3)18/h8-10H,4-7H2,1-3H3,(H,15,17). The van der Waals surface area contributed by atoms with Gasteiger partial charge in [-0.05, 0) is 41.8 Å². The van der Waals surface area contributed by atoms with Crippen molar-refractivity contribution in [1.29, 1.82) is 0 Å². The molecule has 0 spiro atoms. The molecule has 1 amide bonds. The molecule has 0 aliphatic carbocycles. The number of aromatic nitrogens is 1. The second-order valence-electron chi connectivity index (χ2n) is 4.68. The minimum Gasteiger partial charge on any atom is -0.348 e. The number of nitrogens with one attached hydrogen (secondary N) is 1. The van der Waals surface area contributed by atoms with Crippen LogP contribution in [0.5, 0.6) is 0 Å². The lowest BCUT2D eigenvalue weighted by molar-refractivity contribution is 0.0930. The van der Waals surface area contributed by atoms with Gasteiger partial charge < -0.3 is 9.88 Å². The lowest BCUT2D eigenvalue weighted by Gasteiger charge is -2.14. The monoisotopic (exact) mass is 348 g/mol. The predicted octanol–water partition coefficient (Wildman–Crippen LogP) is 2.55. The zero-order valence-electron chi connectivity index (χ0n) is 11.6. The van der Waals surface area contributed by atoms with Gasteiger partial charge in [0.05, 0.1) is 0 Å². The molecule has 108 valence electrons. The van der Waals surface area contributed by atoms with Crippen molar-refractivity contribution < 1.29 is 9.00 Å². The van der Waals surface area contributed by atoms with Crippen molar-refractivity contribution in [2.24, 2.45) is 0 Å². The van der Waals surface area contributed by atoms with Crippen LogP contribution in [-0.2, 0) is 17.3 Å². The van der Waals surface area contributed by atoms with Gasteiger partial charge >= 0.3 is 0 Å². The summed E-state index contributed by atoms with van der Waals surface area (Å²) in [7, 11) is -0.813. The average Bonchev–Trinajstić information content (AvgIpc) is 2.68. The third-order valence-electron chi connectivity index (χ3n) is 2.78. The molecule has 0 bridgehead atoms. The summed E-state index contributed by atoms with van der Waals surface area (Å²) in [4.78, 5) is 12.2. The van der Waals surface area contributed by atoms with Gasteiger partial charge in [-0.1, -0.05) is 6.92 Å². The maximum atomic E-state index is 12.2. The molecule has 0 aromatic carbocycles. The van der Waals surface area contributed by atoms with Gasteiger partial charge in [0.1, 0.15) is 5.69 Å². The Hall–Kier alpha value is -0.620. The fourth-order valence-electron chi connectivity index (χ4n) is 1.80. The van der Waals surface area contributed by atoms with Gasteiger partial charge in [0.25, 0.3) is 5.91 Å². The Balaban J connectivity index is 2.64. The molecular formula is C13H21BrN2O2S. The number of carbonyl (C=O) groups is 1. The van der Waals surface area contributed by atoms with Crippen LogP contribution in [0, 0.1) is 0 Å². The highest BCUT2D eigenvalue weighted by Crippen LogP contribution is 2.15. The Morgan fingerprint density at radius 3 is 2.84 bits per heavy atom. The third-order valence-corrected chi connectivity index (χ3v) is 4.02. The Morgan fingerprint density at radius 1 is 1.58 bits per heavy atom.